The Morgan fingerprint density at radius 2 is 1.93 bits per heavy atom. The number of pyridine rings is 1. The lowest BCUT2D eigenvalue weighted by molar-refractivity contribution is 0.138. The minimum atomic E-state index is 0.566. The van der Waals surface area contributed by atoms with Crippen LogP contribution in [0.5, 0.6) is 5.75 Å². The van der Waals surface area contributed by atoms with Gasteiger partial charge in [-0.15, -0.1) is 0 Å². The van der Waals surface area contributed by atoms with E-state index < -0.39 is 0 Å². The zero-order valence-corrected chi connectivity index (χ0v) is 16.9. The second-order valence-electron chi connectivity index (χ2n) is 8.23. The summed E-state index contributed by atoms with van der Waals surface area (Å²) in [7, 11) is 1.72. The molecular weight excluding hydrogens is 346 g/mol. The highest BCUT2D eigenvalue weighted by Crippen LogP contribution is 2.41. The Bertz CT molecular complexity index is 989. The SMILES string of the molecule is COc1ccc(CCn2c3c(c4nc(C)ccc42)C2CCCCN2CC3)cc1. The van der Waals surface area contributed by atoms with Crippen LogP contribution in [-0.2, 0) is 19.4 Å². The van der Waals surface area contributed by atoms with E-state index in [-0.39, 0.29) is 0 Å². The smallest absolute Gasteiger partial charge is 0.118 e. The number of hydrogen-bond donors (Lipinski definition) is 0. The number of fused-ring (bicyclic) bond motifs is 5. The fourth-order valence-electron chi connectivity index (χ4n) is 5.14. The second-order valence-corrected chi connectivity index (χ2v) is 8.23. The standard InChI is InChI=1S/C24H29N3O/c1-17-6-11-22-24(25-17)23-20-5-3-4-14-26(20)15-13-21(23)27(22)16-12-18-7-9-19(28-2)10-8-18/h6-11,20H,3-5,12-16H2,1-2H3. The van der Waals surface area contributed by atoms with Crippen molar-refractivity contribution in [3.05, 3.63) is 58.9 Å². The maximum atomic E-state index is 5.29. The Hall–Kier alpha value is -2.33. The van der Waals surface area contributed by atoms with Crippen molar-refractivity contribution in [1.29, 1.82) is 0 Å². The summed E-state index contributed by atoms with van der Waals surface area (Å²) >= 11 is 0. The van der Waals surface area contributed by atoms with Crippen molar-refractivity contribution in [2.45, 2.75) is 51.6 Å². The van der Waals surface area contributed by atoms with Crippen LogP contribution in [0.2, 0.25) is 0 Å². The number of piperidine rings is 1. The lowest BCUT2D eigenvalue weighted by Crippen LogP contribution is -2.39. The molecule has 3 aromatic rings. The number of hydrogen-bond acceptors (Lipinski definition) is 3. The summed E-state index contributed by atoms with van der Waals surface area (Å²) in [6, 6.07) is 13.5. The van der Waals surface area contributed by atoms with Crippen LogP contribution in [0.4, 0.5) is 0 Å². The second kappa shape index (κ2) is 7.25. The van der Waals surface area contributed by atoms with Gasteiger partial charge in [-0.05, 0) is 62.6 Å². The van der Waals surface area contributed by atoms with Crippen molar-refractivity contribution in [2.75, 3.05) is 20.2 Å². The number of nitrogens with zero attached hydrogens (tertiary/aromatic N) is 3. The summed E-state index contributed by atoms with van der Waals surface area (Å²) in [5, 5.41) is 0. The molecule has 4 nitrogen and oxygen atoms in total. The summed E-state index contributed by atoms with van der Waals surface area (Å²) in [6.07, 6.45) is 6.13. The fraction of sp³-hybridized carbons (Fsp3) is 0.458. The van der Waals surface area contributed by atoms with Crippen LogP contribution in [0, 0.1) is 6.92 Å². The van der Waals surface area contributed by atoms with E-state index in [9.17, 15) is 0 Å². The Labute approximate surface area is 167 Å². The van der Waals surface area contributed by atoms with E-state index >= 15 is 0 Å². The largest absolute Gasteiger partial charge is 0.497 e. The number of aryl methyl sites for hydroxylation is 3. The van der Waals surface area contributed by atoms with Gasteiger partial charge in [-0.3, -0.25) is 9.88 Å². The van der Waals surface area contributed by atoms with Crippen LogP contribution >= 0.6 is 0 Å². The number of benzene rings is 1. The average Bonchev–Trinajstić information content (AvgIpc) is 3.05. The van der Waals surface area contributed by atoms with Gasteiger partial charge in [-0.25, -0.2) is 0 Å². The molecule has 1 fully saturated rings. The van der Waals surface area contributed by atoms with E-state index in [1.54, 1.807) is 7.11 Å². The molecule has 28 heavy (non-hydrogen) atoms. The highest BCUT2D eigenvalue weighted by Gasteiger charge is 2.34. The van der Waals surface area contributed by atoms with E-state index in [2.05, 4.69) is 52.8 Å². The lowest BCUT2D eigenvalue weighted by Gasteiger charge is -2.39. The topological polar surface area (TPSA) is 30.3 Å². The third-order valence-corrected chi connectivity index (χ3v) is 6.56. The van der Waals surface area contributed by atoms with Gasteiger partial charge in [0.05, 0.1) is 18.1 Å². The maximum absolute atomic E-state index is 5.29. The van der Waals surface area contributed by atoms with Gasteiger partial charge in [0.1, 0.15) is 5.75 Å². The van der Waals surface area contributed by atoms with Gasteiger partial charge in [-0.1, -0.05) is 18.6 Å². The van der Waals surface area contributed by atoms with Crippen LogP contribution in [-0.4, -0.2) is 34.7 Å². The molecule has 2 aromatic heterocycles. The first-order valence-electron chi connectivity index (χ1n) is 10.6. The molecular formula is C24H29N3O. The normalized spacial score (nSPS) is 19.4. The summed E-state index contributed by atoms with van der Waals surface area (Å²) in [6.45, 7) is 5.56. The van der Waals surface area contributed by atoms with E-state index in [1.807, 2.05) is 0 Å². The van der Waals surface area contributed by atoms with Gasteiger partial charge in [0.15, 0.2) is 0 Å². The summed E-state index contributed by atoms with van der Waals surface area (Å²) < 4.78 is 7.86. The van der Waals surface area contributed by atoms with Gasteiger partial charge in [0, 0.05) is 42.5 Å². The minimum absolute atomic E-state index is 0.566. The summed E-state index contributed by atoms with van der Waals surface area (Å²) in [5.41, 5.74) is 8.10. The first-order chi connectivity index (χ1) is 13.7. The first kappa shape index (κ1) is 17.7. The van der Waals surface area contributed by atoms with Crippen molar-refractivity contribution in [2.24, 2.45) is 0 Å². The van der Waals surface area contributed by atoms with Crippen molar-refractivity contribution < 1.29 is 4.74 Å². The Balaban J connectivity index is 1.53. The molecule has 4 heterocycles. The molecule has 2 aliphatic rings. The molecule has 5 rings (SSSR count). The van der Waals surface area contributed by atoms with Crippen LogP contribution in [0.25, 0.3) is 11.0 Å². The van der Waals surface area contributed by atoms with Crippen LogP contribution in [0.3, 0.4) is 0 Å². The van der Waals surface area contributed by atoms with Crippen LogP contribution < -0.4 is 4.74 Å². The van der Waals surface area contributed by atoms with Gasteiger partial charge in [-0.2, -0.15) is 0 Å². The third kappa shape index (κ3) is 3.00. The zero-order valence-electron chi connectivity index (χ0n) is 16.9. The molecule has 2 aliphatic heterocycles. The summed E-state index contributed by atoms with van der Waals surface area (Å²) in [4.78, 5) is 7.71. The Kier molecular flexibility index (Phi) is 4.59. The maximum Gasteiger partial charge on any atom is 0.118 e. The molecule has 0 bridgehead atoms. The fourth-order valence-corrected chi connectivity index (χ4v) is 5.14. The molecule has 0 radical (unpaired) electrons. The quantitative estimate of drug-likeness (QED) is 0.663. The molecule has 1 unspecified atom stereocenters. The highest BCUT2D eigenvalue weighted by molar-refractivity contribution is 5.82. The summed E-state index contributed by atoms with van der Waals surface area (Å²) in [5.74, 6) is 0.921. The molecule has 1 atom stereocenters. The van der Waals surface area contributed by atoms with Gasteiger partial charge < -0.3 is 9.30 Å². The highest BCUT2D eigenvalue weighted by atomic mass is 16.5. The number of rotatable bonds is 4. The van der Waals surface area contributed by atoms with Crippen molar-refractivity contribution in [1.82, 2.24) is 14.5 Å². The van der Waals surface area contributed by atoms with E-state index in [1.165, 1.54) is 60.2 Å². The molecule has 4 heteroatoms. The first-order valence-corrected chi connectivity index (χ1v) is 10.6. The molecule has 1 aromatic carbocycles. The Morgan fingerprint density at radius 3 is 2.75 bits per heavy atom. The van der Waals surface area contributed by atoms with Crippen molar-refractivity contribution in [3.63, 3.8) is 0 Å². The molecule has 1 saturated heterocycles. The molecule has 0 aliphatic carbocycles. The van der Waals surface area contributed by atoms with Gasteiger partial charge in [0.25, 0.3) is 0 Å². The average molecular weight is 376 g/mol. The van der Waals surface area contributed by atoms with E-state index in [0.29, 0.717) is 6.04 Å². The molecule has 146 valence electrons. The monoisotopic (exact) mass is 375 g/mol. The molecule has 0 amide bonds. The van der Waals surface area contributed by atoms with Crippen LogP contribution in [0.1, 0.15) is 47.8 Å². The number of aromatic nitrogens is 2. The Morgan fingerprint density at radius 1 is 1.07 bits per heavy atom. The third-order valence-electron chi connectivity index (χ3n) is 6.56. The number of ether oxygens (including phenoxy) is 1. The molecule has 0 spiro atoms. The predicted octanol–water partition coefficient (Wildman–Crippen LogP) is 4.68. The van der Waals surface area contributed by atoms with E-state index in [0.717, 1.165) is 30.8 Å². The number of methoxy groups -OCH3 is 1. The predicted molar refractivity (Wildman–Crippen MR) is 113 cm³/mol. The lowest BCUT2D eigenvalue weighted by atomic mass is 9.90. The molecule has 0 N–H and O–H groups in total. The van der Waals surface area contributed by atoms with Crippen molar-refractivity contribution >= 4 is 11.0 Å². The van der Waals surface area contributed by atoms with Crippen LogP contribution in [0.15, 0.2) is 36.4 Å². The van der Waals surface area contributed by atoms with E-state index in [4.69, 9.17) is 9.72 Å². The van der Waals surface area contributed by atoms with Crippen molar-refractivity contribution in [3.8, 4) is 5.75 Å². The van der Waals surface area contributed by atoms with Gasteiger partial charge >= 0.3 is 0 Å². The zero-order chi connectivity index (χ0) is 19.1. The minimum Gasteiger partial charge on any atom is -0.497 e. The van der Waals surface area contributed by atoms with Gasteiger partial charge in [0.2, 0.25) is 0 Å². The molecule has 0 saturated carbocycles.